The lowest BCUT2D eigenvalue weighted by atomic mass is 9.85. The third-order valence-electron chi connectivity index (χ3n) is 5.14. The first-order chi connectivity index (χ1) is 13.5. The van der Waals surface area contributed by atoms with Crippen molar-refractivity contribution in [2.75, 3.05) is 5.32 Å². The molecule has 0 fully saturated rings. The van der Waals surface area contributed by atoms with Crippen molar-refractivity contribution in [3.8, 4) is 5.69 Å². The van der Waals surface area contributed by atoms with Crippen molar-refractivity contribution in [2.45, 2.75) is 32.6 Å². The Morgan fingerprint density at radius 3 is 2.50 bits per heavy atom. The molecular formula is C22H20ClN3O2. The van der Waals surface area contributed by atoms with Gasteiger partial charge in [-0.3, -0.25) is 9.59 Å². The number of rotatable bonds is 4. The molecule has 2 aromatic carbocycles. The number of anilines is 1. The molecule has 0 radical (unpaired) electrons. The molecule has 1 aliphatic heterocycles. The molecule has 142 valence electrons. The number of halogens is 1. The number of nitrogens with zero attached hydrogens (tertiary/aromatic N) is 2. The number of hydrogen-bond donors (Lipinski definition) is 1. The Morgan fingerprint density at radius 2 is 1.86 bits per heavy atom. The number of fused-ring (bicyclic) bond motifs is 1. The summed E-state index contributed by atoms with van der Waals surface area (Å²) in [6, 6.07) is 14.8. The van der Waals surface area contributed by atoms with Crippen LogP contribution in [0.2, 0.25) is 5.02 Å². The van der Waals surface area contributed by atoms with Crippen molar-refractivity contribution in [2.24, 2.45) is 0 Å². The third-order valence-corrected chi connectivity index (χ3v) is 5.39. The van der Waals surface area contributed by atoms with E-state index in [9.17, 15) is 9.59 Å². The summed E-state index contributed by atoms with van der Waals surface area (Å²) in [5, 5.41) is 8.10. The Morgan fingerprint density at radius 1 is 1.18 bits per heavy atom. The number of aryl methyl sites for hydroxylation is 2. The van der Waals surface area contributed by atoms with Gasteiger partial charge in [0.1, 0.15) is 5.82 Å². The van der Waals surface area contributed by atoms with Gasteiger partial charge in [-0.1, -0.05) is 42.8 Å². The van der Waals surface area contributed by atoms with Crippen LogP contribution in [0, 0.1) is 6.92 Å². The van der Waals surface area contributed by atoms with E-state index in [-0.39, 0.29) is 18.1 Å². The van der Waals surface area contributed by atoms with E-state index in [0.717, 1.165) is 23.4 Å². The summed E-state index contributed by atoms with van der Waals surface area (Å²) in [5.41, 5.74) is 4.06. The predicted molar refractivity (Wildman–Crippen MR) is 109 cm³/mol. The first kappa shape index (κ1) is 18.4. The van der Waals surface area contributed by atoms with Crippen molar-refractivity contribution < 1.29 is 9.59 Å². The SMILES string of the molecule is CCc1ccc(C(=O)C2CC(=O)Nc3c2c(C)nn3-c2ccc(Cl)cc2)cc1. The number of aromatic nitrogens is 2. The minimum atomic E-state index is -0.544. The van der Waals surface area contributed by atoms with Gasteiger partial charge in [0.15, 0.2) is 5.78 Å². The fraction of sp³-hybridized carbons (Fsp3) is 0.227. The number of ketones is 1. The van der Waals surface area contributed by atoms with E-state index in [0.29, 0.717) is 16.4 Å². The fourth-order valence-corrected chi connectivity index (χ4v) is 3.77. The van der Waals surface area contributed by atoms with Gasteiger partial charge in [-0.25, -0.2) is 4.68 Å². The number of Topliss-reactive ketones (excluding diaryl/α,β-unsaturated/α-hetero) is 1. The normalized spacial score (nSPS) is 15.8. The van der Waals surface area contributed by atoms with E-state index in [1.807, 2.05) is 43.3 Å². The monoisotopic (exact) mass is 393 g/mol. The van der Waals surface area contributed by atoms with Gasteiger partial charge >= 0.3 is 0 Å². The third kappa shape index (κ3) is 3.22. The standard InChI is InChI=1S/C22H20ClN3O2/c1-3-14-4-6-15(7-5-14)21(28)18-12-19(27)24-22-20(18)13(2)25-26(22)17-10-8-16(23)9-11-17/h4-11,18H,3,12H2,1-2H3,(H,24,27). The zero-order valence-electron chi connectivity index (χ0n) is 15.7. The number of hydrogen-bond acceptors (Lipinski definition) is 3. The van der Waals surface area contributed by atoms with E-state index >= 15 is 0 Å². The molecule has 2 heterocycles. The van der Waals surface area contributed by atoms with Gasteiger partial charge in [-0.15, -0.1) is 0 Å². The largest absolute Gasteiger partial charge is 0.310 e. The maximum atomic E-state index is 13.2. The van der Waals surface area contributed by atoms with Gasteiger partial charge in [0, 0.05) is 22.6 Å². The first-order valence-corrected chi connectivity index (χ1v) is 9.64. The molecule has 0 saturated heterocycles. The molecule has 0 saturated carbocycles. The lowest BCUT2D eigenvalue weighted by Gasteiger charge is -2.23. The highest BCUT2D eigenvalue weighted by atomic mass is 35.5. The molecule has 3 aromatic rings. The summed E-state index contributed by atoms with van der Waals surface area (Å²) in [7, 11) is 0. The number of benzene rings is 2. The molecule has 0 aliphatic carbocycles. The lowest BCUT2D eigenvalue weighted by molar-refractivity contribution is -0.116. The van der Waals surface area contributed by atoms with Gasteiger partial charge < -0.3 is 5.32 Å². The van der Waals surface area contributed by atoms with Gasteiger partial charge in [0.05, 0.1) is 17.3 Å². The maximum Gasteiger partial charge on any atom is 0.226 e. The van der Waals surface area contributed by atoms with E-state index in [1.165, 1.54) is 5.56 Å². The topological polar surface area (TPSA) is 64.0 Å². The first-order valence-electron chi connectivity index (χ1n) is 9.26. The molecule has 1 unspecified atom stereocenters. The molecular weight excluding hydrogens is 374 g/mol. The minimum Gasteiger partial charge on any atom is -0.310 e. The van der Waals surface area contributed by atoms with Crippen LogP contribution in [0.25, 0.3) is 5.69 Å². The molecule has 6 heteroatoms. The molecule has 1 amide bonds. The summed E-state index contributed by atoms with van der Waals surface area (Å²) in [5.74, 6) is -0.236. The van der Waals surface area contributed by atoms with Crippen molar-refractivity contribution >= 4 is 29.1 Å². The lowest BCUT2D eigenvalue weighted by Crippen LogP contribution is -2.28. The van der Waals surface area contributed by atoms with Crippen LogP contribution in [-0.2, 0) is 11.2 Å². The van der Waals surface area contributed by atoms with Crippen LogP contribution >= 0.6 is 11.6 Å². The molecule has 0 spiro atoms. The van der Waals surface area contributed by atoms with Crippen LogP contribution in [0.4, 0.5) is 5.82 Å². The van der Waals surface area contributed by atoms with Crippen molar-refractivity contribution in [3.63, 3.8) is 0 Å². The number of nitrogens with one attached hydrogen (secondary N) is 1. The summed E-state index contributed by atoms with van der Waals surface area (Å²) >= 11 is 5.98. The average Bonchev–Trinajstić information content (AvgIpc) is 3.03. The smallest absolute Gasteiger partial charge is 0.226 e. The molecule has 28 heavy (non-hydrogen) atoms. The average molecular weight is 394 g/mol. The van der Waals surface area contributed by atoms with Crippen LogP contribution in [0.5, 0.6) is 0 Å². The van der Waals surface area contributed by atoms with Crippen LogP contribution in [0.1, 0.15) is 46.4 Å². The van der Waals surface area contributed by atoms with E-state index in [4.69, 9.17) is 11.6 Å². The Hall–Kier alpha value is -2.92. The number of amides is 1. The molecule has 1 N–H and O–H groups in total. The molecule has 0 bridgehead atoms. The van der Waals surface area contributed by atoms with Gasteiger partial charge in [-0.2, -0.15) is 5.10 Å². The highest BCUT2D eigenvalue weighted by Gasteiger charge is 2.36. The second-order valence-electron chi connectivity index (χ2n) is 6.96. The zero-order valence-corrected chi connectivity index (χ0v) is 16.5. The van der Waals surface area contributed by atoms with E-state index < -0.39 is 5.92 Å². The predicted octanol–water partition coefficient (Wildman–Crippen LogP) is 4.71. The Labute approximate surface area is 168 Å². The van der Waals surface area contributed by atoms with Crippen LogP contribution < -0.4 is 5.32 Å². The van der Waals surface area contributed by atoms with Gasteiger partial charge in [0.2, 0.25) is 5.91 Å². The summed E-state index contributed by atoms with van der Waals surface area (Å²) in [6.45, 7) is 3.94. The van der Waals surface area contributed by atoms with Gasteiger partial charge in [-0.05, 0) is 43.2 Å². The Bertz CT molecular complexity index is 1050. The number of carbonyl (C=O) groups excluding carboxylic acids is 2. The van der Waals surface area contributed by atoms with Crippen LogP contribution in [0.15, 0.2) is 48.5 Å². The van der Waals surface area contributed by atoms with E-state index in [1.54, 1.807) is 16.8 Å². The molecule has 5 nitrogen and oxygen atoms in total. The van der Waals surface area contributed by atoms with Crippen molar-refractivity contribution in [1.29, 1.82) is 0 Å². The zero-order chi connectivity index (χ0) is 19.8. The molecule has 4 rings (SSSR count). The second kappa shape index (κ2) is 7.24. The maximum absolute atomic E-state index is 13.2. The highest BCUT2D eigenvalue weighted by molar-refractivity contribution is 6.30. The fourth-order valence-electron chi connectivity index (χ4n) is 3.65. The quantitative estimate of drug-likeness (QED) is 0.653. The molecule has 1 aromatic heterocycles. The second-order valence-corrected chi connectivity index (χ2v) is 7.39. The van der Waals surface area contributed by atoms with Crippen molar-refractivity contribution in [1.82, 2.24) is 9.78 Å². The number of carbonyl (C=O) groups is 2. The summed E-state index contributed by atoms with van der Waals surface area (Å²) in [4.78, 5) is 25.6. The Kier molecular flexibility index (Phi) is 4.77. The van der Waals surface area contributed by atoms with E-state index in [2.05, 4.69) is 17.3 Å². The minimum absolute atomic E-state index is 0.0579. The summed E-state index contributed by atoms with van der Waals surface area (Å²) < 4.78 is 1.67. The van der Waals surface area contributed by atoms with Crippen molar-refractivity contribution in [3.05, 3.63) is 75.9 Å². The Balaban J connectivity index is 1.77. The molecule has 1 atom stereocenters. The van der Waals surface area contributed by atoms with Crippen LogP contribution in [0.3, 0.4) is 0 Å². The van der Waals surface area contributed by atoms with Gasteiger partial charge in [0.25, 0.3) is 0 Å². The summed E-state index contributed by atoms with van der Waals surface area (Å²) in [6.07, 6.45) is 1.03. The highest BCUT2D eigenvalue weighted by Crippen LogP contribution is 2.38. The molecule has 1 aliphatic rings. The van der Waals surface area contributed by atoms with Crippen LogP contribution in [-0.4, -0.2) is 21.5 Å².